The van der Waals surface area contributed by atoms with Crippen LogP contribution in [0.5, 0.6) is 0 Å². The van der Waals surface area contributed by atoms with Gasteiger partial charge in [0.1, 0.15) is 5.82 Å². The van der Waals surface area contributed by atoms with Gasteiger partial charge in [-0.2, -0.15) is 0 Å². The van der Waals surface area contributed by atoms with Crippen LogP contribution in [0.4, 0.5) is 4.39 Å². The minimum atomic E-state index is -0.119. The predicted molar refractivity (Wildman–Crippen MR) is 123 cm³/mol. The fourth-order valence-corrected chi connectivity index (χ4v) is 3.22. The van der Waals surface area contributed by atoms with Gasteiger partial charge in [-0.3, -0.25) is 4.99 Å². The number of hydrogen-bond donors (Lipinski definition) is 2. The summed E-state index contributed by atoms with van der Waals surface area (Å²) in [6.07, 6.45) is 2.00. The van der Waals surface area contributed by atoms with E-state index in [-0.39, 0.29) is 35.2 Å². The molecule has 0 amide bonds. The summed E-state index contributed by atoms with van der Waals surface area (Å²) in [6.45, 7) is 4.72. The lowest BCUT2D eigenvalue weighted by Gasteiger charge is -2.19. The molecule has 0 atom stereocenters. The van der Waals surface area contributed by atoms with E-state index < -0.39 is 0 Å². The third-order valence-corrected chi connectivity index (χ3v) is 5.07. The van der Waals surface area contributed by atoms with Crippen molar-refractivity contribution in [1.82, 2.24) is 10.6 Å². The lowest BCUT2D eigenvalue weighted by Crippen LogP contribution is -2.41. The van der Waals surface area contributed by atoms with Crippen molar-refractivity contribution in [2.24, 2.45) is 4.99 Å². The van der Waals surface area contributed by atoms with Crippen LogP contribution in [0.2, 0.25) is 0 Å². The van der Waals surface area contributed by atoms with Crippen molar-refractivity contribution in [2.75, 3.05) is 20.2 Å². The van der Waals surface area contributed by atoms with E-state index in [9.17, 15) is 4.39 Å². The van der Waals surface area contributed by atoms with Crippen LogP contribution in [0.15, 0.2) is 53.5 Å². The molecular weight excluding hydrogens is 468 g/mol. The molecule has 1 aliphatic carbocycles. The monoisotopic (exact) mass is 497 g/mol. The van der Waals surface area contributed by atoms with Crippen LogP contribution in [-0.2, 0) is 23.3 Å². The topological polar surface area (TPSA) is 45.6 Å². The molecule has 0 saturated heterocycles. The lowest BCUT2D eigenvalue weighted by molar-refractivity contribution is 0.134. The zero-order chi connectivity index (χ0) is 19.1. The molecule has 0 unspecified atom stereocenters. The van der Waals surface area contributed by atoms with Gasteiger partial charge in [0.2, 0.25) is 0 Å². The molecule has 0 aromatic heterocycles. The first-order chi connectivity index (χ1) is 13.2. The zero-order valence-electron chi connectivity index (χ0n) is 16.5. The van der Waals surface area contributed by atoms with Gasteiger partial charge in [0.05, 0.1) is 6.61 Å². The van der Waals surface area contributed by atoms with E-state index >= 15 is 0 Å². The van der Waals surface area contributed by atoms with Crippen molar-refractivity contribution < 1.29 is 9.13 Å². The van der Waals surface area contributed by atoms with Gasteiger partial charge in [0, 0.05) is 32.2 Å². The molecular formula is C22H29FIN3O. The van der Waals surface area contributed by atoms with Gasteiger partial charge in [-0.05, 0) is 42.5 Å². The van der Waals surface area contributed by atoms with Crippen LogP contribution in [0.3, 0.4) is 0 Å². The fourth-order valence-electron chi connectivity index (χ4n) is 3.22. The van der Waals surface area contributed by atoms with Crippen LogP contribution in [0, 0.1) is 5.82 Å². The normalized spacial score (nSPS) is 14.9. The second kappa shape index (κ2) is 10.8. The van der Waals surface area contributed by atoms with Crippen molar-refractivity contribution in [3.05, 3.63) is 71.0 Å². The van der Waals surface area contributed by atoms with Crippen LogP contribution in [-0.4, -0.2) is 26.2 Å². The van der Waals surface area contributed by atoms with Crippen LogP contribution >= 0.6 is 24.0 Å². The lowest BCUT2D eigenvalue weighted by atomic mass is 9.95. The number of guanidine groups is 1. The average molecular weight is 497 g/mol. The second-order valence-corrected chi connectivity index (χ2v) is 6.99. The molecule has 4 nitrogen and oxygen atoms in total. The summed E-state index contributed by atoms with van der Waals surface area (Å²) in [5, 5.41) is 6.69. The number of ether oxygens (including phenoxy) is 1. The summed E-state index contributed by atoms with van der Waals surface area (Å²) in [4.78, 5) is 4.29. The van der Waals surface area contributed by atoms with Crippen molar-refractivity contribution in [3.63, 3.8) is 0 Å². The molecule has 28 heavy (non-hydrogen) atoms. The predicted octanol–water partition coefficient (Wildman–Crippen LogP) is 4.38. The molecule has 3 rings (SSSR count). The first kappa shape index (κ1) is 22.6. The Morgan fingerprint density at radius 2 is 1.75 bits per heavy atom. The highest BCUT2D eigenvalue weighted by Crippen LogP contribution is 2.48. The molecule has 2 N–H and O–H groups in total. The van der Waals surface area contributed by atoms with Gasteiger partial charge in [0.15, 0.2) is 5.96 Å². The van der Waals surface area contributed by atoms with Gasteiger partial charge < -0.3 is 15.4 Å². The number of nitrogens with zero attached hydrogens (tertiary/aromatic N) is 1. The second-order valence-electron chi connectivity index (χ2n) is 6.99. The van der Waals surface area contributed by atoms with E-state index in [1.807, 2.05) is 19.1 Å². The highest BCUT2D eigenvalue weighted by atomic mass is 127. The van der Waals surface area contributed by atoms with Crippen LogP contribution in [0.1, 0.15) is 36.5 Å². The summed E-state index contributed by atoms with van der Waals surface area (Å²) < 4.78 is 19.5. The quantitative estimate of drug-likeness (QED) is 0.324. The number of rotatable bonds is 8. The minimum absolute atomic E-state index is 0. The summed E-state index contributed by atoms with van der Waals surface area (Å²) in [5.41, 5.74) is 3.04. The summed E-state index contributed by atoms with van der Waals surface area (Å²) in [6, 6.07) is 15.4. The Morgan fingerprint density at radius 1 is 1.07 bits per heavy atom. The Labute approximate surface area is 184 Å². The third kappa shape index (κ3) is 5.91. The number of hydrogen-bond acceptors (Lipinski definition) is 2. The van der Waals surface area contributed by atoms with E-state index in [0.29, 0.717) is 19.7 Å². The largest absolute Gasteiger partial charge is 0.377 e. The van der Waals surface area contributed by atoms with Gasteiger partial charge in [-0.25, -0.2) is 4.39 Å². The van der Waals surface area contributed by atoms with E-state index in [2.05, 4.69) is 39.9 Å². The number of halogens is 2. The Hall–Kier alpha value is -1.67. The molecule has 1 aliphatic rings. The standard InChI is InChI=1S/C22H28FN3O.HI/c1-3-27-15-18-10-8-17(9-11-18)14-25-21(24-2)26-16-22(12-13-22)19-6-4-5-7-20(19)23;/h4-11H,3,12-16H2,1-2H3,(H2,24,25,26);1H. The van der Waals surface area contributed by atoms with Crippen LogP contribution in [0.25, 0.3) is 0 Å². The Morgan fingerprint density at radius 3 is 2.36 bits per heavy atom. The van der Waals surface area contributed by atoms with Gasteiger partial charge in [0.25, 0.3) is 0 Å². The fraction of sp³-hybridized carbons (Fsp3) is 0.409. The van der Waals surface area contributed by atoms with Crippen LogP contribution < -0.4 is 10.6 Å². The summed E-state index contributed by atoms with van der Waals surface area (Å²) >= 11 is 0. The Kier molecular flexibility index (Phi) is 8.69. The minimum Gasteiger partial charge on any atom is -0.377 e. The molecule has 6 heteroatoms. The number of nitrogens with one attached hydrogen (secondary N) is 2. The number of benzene rings is 2. The maximum Gasteiger partial charge on any atom is 0.191 e. The van der Waals surface area contributed by atoms with E-state index in [4.69, 9.17) is 4.74 Å². The van der Waals surface area contributed by atoms with Crippen molar-refractivity contribution >= 4 is 29.9 Å². The van der Waals surface area contributed by atoms with Gasteiger partial charge >= 0.3 is 0 Å². The third-order valence-electron chi connectivity index (χ3n) is 5.07. The van der Waals surface area contributed by atoms with E-state index in [1.165, 1.54) is 17.2 Å². The molecule has 2 aromatic rings. The van der Waals surface area contributed by atoms with E-state index in [1.54, 1.807) is 13.1 Å². The summed E-state index contributed by atoms with van der Waals surface area (Å²) in [5.74, 6) is 0.614. The van der Waals surface area contributed by atoms with Gasteiger partial charge in [-0.15, -0.1) is 24.0 Å². The highest BCUT2D eigenvalue weighted by Gasteiger charge is 2.45. The van der Waals surface area contributed by atoms with Crippen molar-refractivity contribution in [3.8, 4) is 0 Å². The SMILES string of the molecule is CCOCc1ccc(CNC(=NC)NCC2(c3ccccc3F)CC2)cc1.I. The average Bonchev–Trinajstić information content (AvgIpc) is 3.48. The molecule has 152 valence electrons. The smallest absolute Gasteiger partial charge is 0.191 e. The molecule has 1 fully saturated rings. The molecule has 1 saturated carbocycles. The number of aliphatic imine (C=N–C) groups is 1. The molecule has 0 aliphatic heterocycles. The van der Waals surface area contributed by atoms with Crippen molar-refractivity contribution in [2.45, 2.75) is 38.3 Å². The Bertz CT molecular complexity index is 776. The van der Waals surface area contributed by atoms with Crippen molar-refractivity contribution in [1.29, 1.82) is 0 Å². The van der Waals surface area contributed by atoms with E-state index in [0.717, 1.165) is 31.0 Å². The molecule has 0 bridgehead atoms. The first-order valence-electron chi connectivity index (χ1n) is 9.52. The molecule has 0 radical (unpaired) electrons. The van der Waals surface area contributed by atoms with Gasteiger partial charge in [-0.1, -0.05) is 42.5 Å². The highest BCUT2D eigenvalue weighted by molar-refractivity contribution is 14.0. The first-order valence-corrected chi connectivity index (χ1v) is 9.52. The zero-order valence-corrected chi connectivity index (χ0v) is 18.8. The maximum atomic E-state index is 14.1. The molecule has 0 heterocycles. The Balaban J connectivity index is 0.00000280. The maximum absolute atomic E-state index is 14.1. The molecule has 2 aromatic carbocycles. The molecule has 0 spiro atoms. The summed E-state index contributed by atoms with van der Waals surface area (Å²) in [7, 11) is 1.75.